The third kappa shape index (κ3) is 3.28. The number of para-hydroxylation sites is 1. The van der Waals surface area contributed by atoms with Crippen LogP contribution in [0.1, 0.15) is 35.8 Å². The first-order valence-electron chi connectivity index (χ1n) is 9.17. The van der Waals surface area contributed by atoms with Crippen molar-refractivity contribution >= 4 is 10.9 Å². The summed E-state index contributed by atoms with van der Waals surface area (Å²) in [5, 5.41) is 10.2. The Kier molecular flexibility index (Phi) is 4.82. The lowest BCUT2D eigenvalue weighted by atomic mass is 9.87. The molecular weight excluding hydrogens is 326 g/mol. The molecule has 1 heterocycles. The minimum atomic E-state index is -0.112. The van der Waals surface area contributed by atoms with Crippen molar-refractivity contribution in [1.82, 2.24) is 14.9 Å². The smallest absolute Gasteiger partial charge is 0.258 e. The highest BCUT2D eigenvalue weighted by Gasteiger charge is 2.26. The van der Waals surface area contributed by atoms with Crippen LogP contribution in [-0.4, -0.2) is 33.1 Å². The lowest BCUT2D eigenvalue weighted by molar-refractivity contribution is 0.128. The molecule has 0 bridgehead atoms. The molecule has 0 radical (unpaired) electrons. The minimum Gasteiger partial charge on any atom is -0.395 e. The Balaban J connectivity index is 1.67. The third-order valence-electron chi connectivity index (χ3n) is 5.18. The molecule has 0 unspecified atom stereocenters. The Morgan fingerprint density at radius 1 is 1.15 bits per heavy atom. The van der Waals surface area contributed by atoms with Crippen molar-refractivity contribution in [2.24, 2.45) is 0 Å². The monoisotopic (exact) mass is 349 g/mol. The quantitative estimate of drug-likeness (QED) is 0.743. The Hall–Kier alpha value is -2.50. The summed E-state index contributed by atoms with van der Waals surface area (Å²) < 4.78 is 0. The van der Waals surface area contributed by atoms with Crippen LogP contribution < -0.4 is 5.56 Å². The second kappa shape index (κ2) is 7.40. The van der Waals surface area contributed by atoms with Crippen molar-refractivity contribution < 1.29 is 5.11 Å². The molecule has 134 valence electrons. The van der Waals surface area contributed by atoms with E-state index in [0.717, 1.165) is 19.3 Å². The van der Waals surface area contributed by atoms with Gasteiger partial charge in [-0.15, -0.1) is 0 Å². The van der Waals surface area contributed by atoms with E-state index < -0.39 is 0 Å². The van der Waals surface area contributed by atoms with Gasteiger partial charge in [0.25, 0.3) is 5.56 Å². The maximum atomic E-state index is 12.4. The van der Waals surface area contributed by atoms with Crippen molar-refractivity contribution in [3.63, 3.8) is 0 Å². The number of aromatic amines is 1. The Bertz CT molecular complexity index is 967. The van der Waals surface area contributed by atoms with Crippen molar-refractivity contribution in [2.45, 2.75) is 31.8 Å². The number of aryl methyl sites for hydroxylation is 1. The van der Waals surface area contributed by atoms with Gasteiger partial charge in [-0.25, -0.2) is 4.98 Å². The number of benzene rings is 2. The van der Waals surface area contributed by atoms with E-state index in [1.165, 1.54) is 11.1 Å². The molecule has 0 saturated carbocycles. The topological polar surface area (TPSA) is 69.2 Å². The van der Waals surface area contributed by atoms with Gasteiger partial charge in [0.1, 0.15) is 5.82 Å². The predicted octanol–water partition coefficient (Wildman–Crippen LogP) is 2.80. The molecule has 3 aromatic rings. The molecule has 1 atom stereocenters. The number of aromatic nitrogens is 2. The van der Waals surface area contributed by atoms with E-state index in [4.69, 9.17) is 0 Å². The van der Waals surface area contributed by atoms with Crippen LogP contribution in [0.2, 0.25) is 0 Å². The van der Waals surface area contributed by atoms with Gasteiger partial charge in [0, 0.05) is 12.6 Å². The summed E-state index contributed by atoms with van der Waals surface area (Å²) in [6.45, 7) is 1.14. The van der Waals surface area contributed by atoms with Crippen molar-refractivity contribution in [3.8, 4) is 0 Å². The zero-order valence-corrected chi connectivity index (χ0v) is 14.7. The fourth-order valence-electron chi connectivity index (χ4n) is 3.98. The van der Waals surface area contributed by atoms with Gasteiger partial charge in [0.2, 0.25) is 0 Å². The van der Waals surface area contributed by atoms with Gasteiger partial charge in [-0.05, 0) is 42.5 Å². The van der Waals surface area contributed by atoms with Crippen LogP contribution in [0.3, 0.4) is 0 Å². The molecule has 5 heteroatoms. The molecule has 0 amide bonds. The normalized spacial score (nSPS) is 16.8. The van der Waals surface area contributed by atoms with Crippen molar-refractivity contribution in [3.05, 3.63) is 75.8 Å². The second-order valence-electron chi connectivity index (χ2n) is 6.83. The largest absolute Gasteiger partial charge is 0.395 e. The molecule has 1 aliphatic rings. The van der Waals surface area contributed by atoms with Gasteiger partial charge in [0.15, 0.2) is 0 Å². The summed E-state index contributed by atoms with van der Waals surface area (Å²) in [5.41, 5.74) is 3.31. The van der Waals surface area contributed by atoms with Gasteiger partial charge in [-0.2, -0.15) is 0 Å². The maximum Gasteiger partial charge on any atom is 0.258 e. The summed E-state index contributed by atoms with van der Waals surface area (Å²) >= 11 is 0. The zero-order chi connectivity index (χ0) is 17.9. The highest BCUT2D eigenvalue weighted by molar-refractivity contribution is 5.77. The molecule has 0 aliphatic heterocycles. The van der Waals surface area contributed by atoms with E-state index in [-0.39, 0.29) is 18.2 Å². The molecule has 4 rings (SSSR count). The number of fused-ring (bicyclic) bond motifs is 2. The van der Waals surface area contributed by atoms with Crippen LogP contribution in [0.25, 0.3) is 10.9 Å². The van der Waals surface area contributed by atoms with E-state index in [9.17, 15) is 9.90 Å². The van der Waals surface area contributed by atoms with E-state index in [1.807, 2.05) is 18.2 Å². The molecule has 0 fully saturated rings. The van der Waals surface area contributed by atoms with Gasteiger partial charge < -0.3 is 10.1 Å². The van der Waals surface area contributed by atoms with E-state index in [0.29, 0.717) is 29.8 Å². The average Bonchev–Trinajstić information content (AvgIpc) is 2.67. The number of nitrogens with zero attached hydrogens (tertiary/aromatic N) is 2. The number of hydrogen-bond acceptors (Lipinski definition) is 4. The molecule has 26 heavy (non-hydrogen) atoms. The average molecular weight is 349 g/mol. The molecule has 2 aromatic carbocycles. The van der Waals surface area contributed by atoms with Crippen LogP contribution in [0.5, 0.6) is 0 Å². The van der Waals surface area contributed by atoms with Crippen LogP contribution in [0, 0.1) is 0 Å². The van der Waals surface area contributed by atoms with E-state index >= 15 is 0 Å². The molecule has 5 nitrogen and oxygen atoms in total. The summed E-state index contributed by atoms with van der Waals surface area (Å²) in [6.07, 6.45) is 3.28. The number of hydrogen-bond donors (Lipinski definition) is 2. The fourth-order valence-corrected chi connectivity index (χ4v) is 3.98. The Labute approximate surface area is 152 Å². The minimum absolute atomic E-state index is 0.0798. The van der Waals surface area contributed by atoms with Gasteiger partial charge in [0.05, 0.1) is 24.1 Å². The summed E-state index contributed by atoms with van der Waals surface area (Å²) in [5.74, 6) is 0.644. The predicted molar refractivity (Wildman–Crippen MR) is 102 cm³/mol. The van der Waals surface area contributed by atoms with Gasteiger partial charge in [-0.1, -0.05) is 36.4 Å². The van der Waals surface area contributed by atoms with Crippen molar-refractivity contribution in [1.29, 1.82) is 0 Å². The lowest BCUT2D eigenvalue weighted by Gasteiger charge is -2.35. The molecule has 0 spiro atoms. The van der Waals surface area contributed by atoms with Gasteiger partial charge >= 0.3 is 0 Å². The zero-order valence-electron chi connectivity index (χ0n) is 14.7. The molecule has 2 N–H and O–H groups in total. The highest BCUT2D eigenvalue weighted by atomic mass is 16.3. The summed E-state index contributed by atoms with van der Waals surface area (Å²) in [4.78, 5) is 22.1. The Morgan fingerprint density at radius 2 is 1.96 bits per heavy atom. The van der Waals surface area contributed by atoms with Crippen LogP contribution in [-0.2, 0) is 13.0 Å². The van der Waals surface area contributed by atoms with Gasteiger partial charge in [-0.3, -0.25) is 9.69 Å². The van der Waals surface area contributed by atoms with Crippen LogP contribution in [0.4, 0.5) is 0 Å². The number of aliphatic hydroxyl groups excluding tert-OH is 1. The molecule has 1 aliphatic carbocycles. The first-order chi connectivity index (χ1) is 12.8. The first kappa shape index (κ1) is 16.9. The number of nitrogens with one attached hydrogen (secondary N) is 1. The van der Waals surface area contributed by atoms with Crippen LogP contribution in [0.15, 0.2) is 53.3 Å². The standard InChI is InChI=1S/C21H23N3O2/c25-13-12-24(19-11-5-7-15-6-1-2-8-16(15)19)14-20-22-18-10-4-3-9-17(18)21(26)23-20/h1-4,6,8-10,19,25H,5,7,11-14H2,(H,22,23,26)/t19-/m0/s1. The van der Waals surface area contributed by atoms with E-state index in [1.54, 1.807) is 6.07 Å². The maximum absolute atomic E-state index is 12.4. The number of H-pyrrole nitrogens is 1. The number of rotatable bonds is 5. The molecule has 0 saturated heterocycles. The fraction of sp³-hybridized carbons (Fsp3) is 0.333. The van der Waals surface area contributed by atoms with Crippen LogP contribution >= 0.6 is 0 Å². The van der Waals surface area contributed by atoms with E-state index in [2.05, 4.69) is 39.1 Å². The summed E-state index contributed by atoms with van der Waals surface area (Å²) in [6, 6.07) is 16.1. The third-order valence-corrected chi connectivity index (χ3v) is 5.18. The summed E-state index contributed by atoms with van der Waals surface area (Å²) in [7, 11) is 0. The lowest BCUT2D eigenvalue weighted by Crippen LogP contribution is -2.34. The molecule has 1 aromatic heterocycles. The number of aliphatic hydroxyl groups is 1. The van der Waals surface area contributed by atoms with Crippen molar-refractivity contribution in [2.75, 3.05) is 13.2 Å². The molecular formula is C21H23N3O2. The highest BCUT2D eigenvalue weighted by Crippen LogP contribution is 2.34. The SMILES string of the molecule is O=c1[nH]c(CN(CCO)[C@H]2CCCc3ccccc32)nc2ccccc12. The second-order valence-corrected chi connectivity index (χ2v) is 6.83. The Morgan fingerprint density at radius 3 is 2.85 bits per heavy atom. The first-order valence-corrected chi connectivity index (χ1v) is 9.17.